The molecule has 0 bridgehead atoms. The van der Waals surface area contributed by atoms with Crippen molar-refractivity contribution < 1.29 is 13.9 Å². The van der Waals surface area contributed by atoms with Gasteiger partial charge in [0, 0.05) is 19.4 Å². The molecule has 1 amide bonds. The van der Waals surface area contributed by atoms with Crippen LogP contribution in [0, 0.1) is 12.7 Å². The van der Waals surface area contributed by atoms with Crippen molar-refractivity contribution in [1.82, 2.24) is 15.0 Å². The summed E-state index contributed by atoms with van der Waals surface area (Å²) >= 11 is 4.51. The second-order valence-corrected chi connectivity index (χ2v) is 7.33. The lowest BCUT2D eigenvalue weighted by molar-refractivity contribution is 0.0994. The van der Waals surface area contributed by atoms with Gasteiger partial charge in [-0.15, -0.1) is 11.3 Å². The number of aromatic nitrogens is 3. The highest BCUT2D eigenvalue weighted by molar-refractivity contribution is 9.10. The van der Waals surface area contributed by atoms with Crippen LogP contribution < -0.4 is 9.64 Å². The number of ether oxygens (including phenoxy) is 1. The molecule has 26 heavy (non-hydrogen) atoms. The van der Waals surface area contributed by atoms with E-state index in [1.54, 1.807) is 38.5 Å². The van der Waals surface area contributed by atoms with Crippen molar-refractivity contribution in [2.75, 3.05) is 11.9 Å². The lowest BCUT2D eigenvalue weighted by Gasteiger charge is -2.13. The quantitative estimate of drug-likeness (QED) is 0.604. The molecule has 0 fully saturated rings. The number of hydrogen-bond donors (Lipinski definition) is 0. The number of anilines is 1. The summed E-state index contributed by atoms with van der Waals surface area (Å²) in [6.07, 6.45) is 3.15. The van der Waals surface area contributed by atoms with Gasteiger partial charge in [-0.1, -0.05) is 0 Å². The molecule has 0 N–H and O–H groups in total. The standard InChI is InChI=1S/C17H14BrFN4O2S/c1-10-15(16(24)23(2)17-20-7-11(18)8-21-17)26-14(22-10)9-25-13-5-3-12(19)4-6-13/h3-8H,9H2,1-2H3. The van der Waals surface area contributed by atoms with E-state index in [0.717, 1.165) is 4.47 Å². The smallest absolute Gasteiger partial charge is 0.272 e. The molecule has 9 heteroatoms. The SMILES string of the molecule is Cc1nc(COc2ccc(F)cc2)sc1C(=O)N(C)c1ncc(Br)cn1. The van der Waals surface area contributed by atoms with Gasteiger partial charge < -0.3 is 4.74 Å². The molecule has 6 nitrogen and oxygen atoms in total. The van der Waals surface area contributed by atoms with E-state index in [-0.39, 0.29) is 18.3 Å². The first-order valence-corrected chi connectivity index (χ1v) is 9.15. The van der Waals surface area contributed by atoms with Crippen molar-refractivity contribution in [2.24, 2.45) is 0 Å². The largest absolute Gasteiger partial charge is 0.486 e. The maximum atomic E-state index is 12.9. The molecule has 2 aromatic heterocycles. The van der Waals surface area contributed by atoms with Gasteiger partial charge in [-0.3, -0.25) is 9.69 Å². The molecule has 0 aliphatic rings. The topological polar surface area (TPSA) is 68.2 Å². The molecule has 134 valence electrons. The Morgan fingerprint density at radius 2 is 1.92 bits per heavy atom. The van der Waals surface area contributed by atoms with E-state index >= 15 is 0 Å². The summed E-state index contributed by atoms with van der Waals surface area (Å²) < 4.78 is 19.2. The fraction of sp³-hybridized carbons (Fsp3) is 0.176. The Morgan fingerprint density at radius 3 is 2.58 bits per heavy atom. The number of benzene rings is 1. The molecule has 0 unspecified atom stereocenters. The molecule has 1 aromatic carbocycles. The first-order valence-electron chi connectivity index (χ1n) is 7.54. The monoisotopic (exact) mass is 436 g/mol. The third-order valence-corrected chi connectivity index (χ3v) is 4.95. The summed E-state index contributed by atoms with van der Waals surface area (Å²) in [6.45, 7) is 1.96. The van der Waals surface area contributed by atoms with Crippen molar-refractivity contribution in [3.05, 3.63) is 62.5 Å². The van der Waals surface area contributed by atoms with Gasteiger partial charge in [0.2, 0.25) is 5.95 Å². The molecule has 0 atom stereocenters. The van der Waals surface area contributed by atoms with Crippen LogP contribution in [0.1, 0.15) is 20.4 Å². The zero-order valence-electron chi connectivity index (χ0n) is 13.9. The Hall–Kier alpha value is -2.39. The average molecular weight is 437 g/mol. The zero-order chi connectivity index (χ0) is 18.7. The molecule has 0 saturated heterocycles. The van der Waals surface area contributed by atoms with Crippen LogP contribution in [-0.2, 0) is 6.61 Å². The van der Waals surface area contributed by atoms with Crippen molar-refractivity contribution >= 4 is 39.1 Å². The Balaban J connectivity index is 1.71. The number of aryl methyl sites for hydroxylation is 1. The van der Waals surface area contributed by atoms with Crippen LogP contribution in [-0.4, -0.2) is 27.9 Å². The highest BCUT2D eigenvalue weighted by Crippen LogP contribution is 2.23. The summed E-state index contributed by atoms with van der Waals surface area (Å²) in [5, 5.41) is 0.653. The summed E-state index contributed by atoms with van der Waals surface area (Å²) in [4.78, 5) is 27.2. The summed E-state index contributed by atoms with van der Waals surface area (Å²) in [5.74, 6) is 0.270. The molecule has 0 aliphatic carbocycles. The maximum absolute atomic E-state index is 12.9. The molecule has 0 spiro atoms. The highest BCUT2D eigenvalue weighted by Gasteiger charge is 2.21. The number of amides is 1. The second-order valence-electron chi connectivity index (χ2n) is 5.33. The van der Waals surface area contributed by atoms with E-state index in [0.29, 0.717) is 27.3 Å². The van der Waals surface area contributed by atoms with Crippen molar-refractivity contribution in [2.45, 2.75) is 13.5 Å². The number of rotatable bonds is 5. The Morgan fingerprint density at radius 1 is 1.27 bits per heavy atom. The van der Waals surface area contributed by atoms with E-state index in [9.17, 15) is 9.18 Å². The fourth-order valence-electron chi connectivity index (χ4n) is 2.11. The number of carbonyl (C=O) groups excluding carboxylic acids is 1. The average Bonchev–Trinajstić information content (AvgIpc) is 3.01. The van der Waals surface area contributed by atoms with Gasteiger partial charge in [0.1, 0.15) is 28.1 Å². The molecular formula is C17H14BrFN4O2S. The predicted molar refractivity (Wildman–Crippen MR) is 100 cm³/mol. The Labute approximate surface area is 161 Å². The minimum absolute atomic E-state index is 0.197. The van der Waals surface area contributed by atoms with Crippen LogP contribution in [0.25, 0.3) is 0 Å². The van der Waals surface area contributed by atoms with Crippen LogP contribution >= 0.6 is 27.3 Å². The summed E-state index contributed by atoms with van der Waals surface area (Å²) in [5.41, 5.74) is 0.613. The predicted octanol–water partition coefficient (Wildman–Crippen LogP) is 4.00. The third kappa shape index (κ3) is 4.23. The van der Waals surface area contributed by atoms with Crippen molar-refractivity contribution in [1.29, 1.82) is 0 Å². The minimum atomic E-state index is -0.325. The lowest BCUT2D eigenvalue weighted by Crippen LogP contribution is -2.27. The third-order valence-electron chi connectivity index (χ3n) is 3.42. The molecular weight excluding hydrogens is 423 g/mol. The van der Waals surface area contributed by atoms with E-state index in [4.69, 9.17) is 4.74 Å². The number of nitrogens with zero attached hydrogens (tertiary/aromatic N) is 4. The molecule has 0 saturated carbocycles. The molecule has 3 aromatic rings. The minimum Gasteiger partial charge on any atom is -0.486 e. The van der Waals surface area contributed by atoms with Crippen LogP contribution in [0.15, 0.2) is 41.1 Å². The number of halogens is 2. The molecule has 3 rings (SSSR count). The Kier molecular flexibility index (Phi) is 5.58. The van der Waals surface area contributed by atoms with E-state index in [1.807, 2.05) is 0 Å². The normalized spacial score (nSPS) is 10.6. The van der Waals surface area contributed by atoms with Crippen molar-refractivity contribution in [3.63, 3.8) is 0 Å². The summed E-state index contributed by atoms with van der Waals surface area (Å²) in [6, 6.07) is 5.73. The second kappa shape index (κ2) is 7.88. The van der Waals surface area contributed by atoms with E-state index in [2.05, 4.69) is 30.9 Å². The van der Waals surface area contributed by atoms with Gasteiger partial charge >= 0.3 is 0 Å². The first-order chi connectivity index (χ1) is 12.4. The molecule has 2 heterocycles. The van der Waals surface area contributed by atoms with Crippen LogP contribution in [0.5, 0.6) is 5.75 Å². The molecule has 0 aliphatic heterocycles. The zero-order valence-corrected chi connectivity index (χ0v) is 16.3. The van der Waals surface area contributed by atoms with Crippen molar-refractivity contribution in [3.8, 4) is 5.75 Å². The van der Waals surface area contributed by atoms with Gasteiger partial charge in [0.15, 0.2) is 0 Å². The van der Waals surface area contributed by atoms with Gasteiger partial charge in [-0.25, -0.2) is 19.3 Å². The molecule has 0 radical (unpaired) electrons. The van der Waals surface area contributed by atoms with E-state index in [1.165, 1.54) is 28.4 Å². The number of carbonyl (C=O) groups is 1. The lowest BCUT2D eigenvalue weighted by atomic mass is 10.3. The van der Waals surface area contributed by atoms with Crippen LogP contribution in [0.3, 0.4) is 0 Å². The van der Waals surface area contributed by atoms with Crippen LogP contribution in [0.4, 0.5) is 10.3 Å². The van der Waals surface area contributed by atoms with Gasteiger partial charge in [0.25, 0.3) is 5.91 Å². The van der Waals surface area contributed by atoms with Crippen LogP contribution in [0.2, 0.25) is 0 Å². The number of thiazole rings is 1. The van der Waals surface area contributed by atoms with E-state index < -0.39 is 0 Å². The summed E-state index contributed by atoms with van der Waals surface area (Å²) in [7, 11) is 1.61. The number of hydrogen-bond acceptors (Lipinski definition) is 6. The Bertz CT molecular complexity index is 916. The maximum Gasteiger partial charge on any atom is 0.272 e. The van der Waals surface area contributed by atoms with Gasteiger partial charge in [-0.2, -0.15) is 0 Å². The van der Waals surface area contributed by atoms with Gasteiger partial charge in [0.05, 0.1) is 10.2 Å². The van der Waals surface area contributed by atoms with Gasteiger partial charge in [-0.05, 0) is 47.1 Å². The highest BCUT2D eigenvalue weighted by atomic mass is 79.9. The fourth-order valence-corrected chi connectivity index (χ4v) is 3.27. The first kappa shape index (κ1) is 18.4.